The molecule has 0 saturated carbocycles. The summed E-state index contributed by atoms with van der Waals surface area (Å²) in [5.74, 6) is -0.398. The number of aromatic nitrogens is 1. The Morgan fingerprint density at radius 2 is 1.88 bits per heavy atom. The Morgan fingerprint density at radius 3 is 2.42 bits per heavy atom. The first-order chi connectivity index (χ1) is 11.4. The number of nitrogens with one attached hydrogen (secondary N) is 1. The van der Waals surface area contributed by atoms with Crippen LogP contribution in [-0.2, 0) is 4.79 Å². The van der Waals surface area contributed by atoms with Gasteiger partial charge in [0.2, 0.25) is 0 Å². The second-order valence-electron chi connectivity index (χ2n) is 5.29. The van der Waals surface area contributed by atoms with Crippen LogP contribution in [-0.4, -0.2) is 20.6 Å². The maximum Gasteiger partial charge on any atom is 0.290 e. The summed E-state index contributed by atoms with van der Waals surface area (Å²) in [5.41, 5.74) is 3.43. The van der Waals surface area contributed by atoms with E-state index < -0.39 is 10.8 Å². The van der Waals surface area contributed by atoms with Crippen molar-refractivity contribution < 1.29 is 14.5 Å². The van der Waals surface area contributed by atoms with Crippen LogP contribution in [0.4, 0.5) is 10.5 Å². The van der Waals surface area contributed by atoms with Crippen molar-refractivity contribution in [2.75, 3.05) is 0 Å². The van der Waals surface area contributed by atoms with Gasteiger partial charge >= 0.3 is 0 Å². The van der Waals surface area contributed by atoms with Crippen molar-refractivity contribution in [2.45, 2.75) is 13.8 Å². The molecule has 1 fully saturated rings. The number of thioether (sulfide) groups is 1. The van der Waals surface area contributed by atoms with Gasteiger partial charge in [-0.3, -0.25) is 25.0 Å². The molecule has 24 heavy (non-hydrogen) atoms. The van der Waals surface area contributed by atoms with Gasteiger partial charge in [0.1, 0.15) is 0 Å². The maximum absolute atomic E-state index is 11.7. The Kier molecular flexibility index (Phi) is 3.98. The molecule has 2 aromatic rings. The summed E-state index contributed by atoms with van der Waals surface area (Å²) >= 11 is 0.871. The van der Waals surface area contributed by atoms with Gasteiger partial charge in [-0.1, -0.05) is 0 Å². The zero-order valence-electron chi connectivity index (χ0n) is 12.9. The van der Waals surface area contributed by atoms with Crippen LogP contribution in [0.5, 0.6) is 0 Å². The SMILES string of the molecule is Cc1cc(/C=C2\SC(=O)NC2=O)c(C)n1-c1ccc([N+](=O)[O-])cc1. The minimum absolute atomic E-state index is 0.0288. The molecule has 1 N–H and O–H groups in total. The maximum atomic E-state index is 11.7. The van der Waals surface area contributed by atoms with Crippen LogP contribution in [0.3, 0.4) is 0 Å². The van der Waals surface area contributed by atoms with Crippen LogP contribution in [0.25, 0.3) is 11.8 Å². The first kappa shape index (κ1) is 16.0. The highest BCUT2D eigenvalue weighted by atomic mass is 32.2. The number of hydrogen-bond acceptors (Lipinski definition) is 5. The van der Waals surface area contributed by atoms with Crippen LogP contribution in [0.15, 0.2) is 35.2 Å². The van der Waals surface area contributed by atoms with Crippen LogP contribution in [0.1, 0.15) is 17.0 Å². The minimum atomic E-state index is -0.443. The molecule has 3 rings (SSSR count). The summed E-state index contributed by atoms with van der Waals surface area (Å²) in [5, 5.41) is 12.6. The number of hydrogen-bond donors (Lipinski definition) is 1. The third-order valence-corrected chi connectivity index (χ3v) is 4.53. The van der Waals surface area contributed by atoms with E-state index in [4.69, 9.17) is 0 Å². The van der Waals surface area contributed by atoms with E-state index in [2.05, 4.69) is 5.32 Å². The number of nitro benzene ring substituents is 1. The zero-order valence-corrected chi connectivity index (χ0v) is 13.7. The summed E-state index contributed by atoms with van der Waals surface area (Å²) < 4.78 is 1.94. The standard InChI is InChI=1S/C16H13N3O4S/c1-9-7-11(8-14-15(20)17-16(21)24-14)10(2)18(9)12-3-5-13(6-4-12)19(22)23/h3-8H,1-2H3,(H,17,20,21)/b14-8-. The van der Waals surface area contributed by atoms with Crippen LogP contribution < -0.4 is 5.32 Å². The third-order valence-electron chi connectivity index (χ3n) is 3.72. The van der Waals surface area contributed by atoms with E-state index in [-0.39, 0.29) is 10.9 Å². The molecule has 1 aliphatic heterocycles. The van der Waals surface area contributed by atoms with E-state index in [9.17, 15) is 19.7 Å². The molecule has 1 aromatic carbocycles. The van der Waals surface area contributed by atoms with E-state index in [1.165, 1.54) is 12.1 Å². The molecule has 0 spiro atoms. The van der Waals surface area contributed by atoms with Crippen LogP contribution in [0, 0.1) is 24.0 Å². The van der Waals surface area contributed by atoms with Gasteiger partial charge in [-0.15, -0.1) is 0 Å². The first-order valence-corrected chi connectivity index (χ1v) is 7.87. The first-order valence-electron chi connectivity index (χ1n) is 7.05. The Labute approximate surface area is 141 Å². The van der Waals surface area contributed by atoms with Gasteiger partial charge in [0.15, 0.2) is 0 Å². The molecule has 1 aliphatic rings. The normalized spacial score (nSPS) is 15.8. The lowest BCUT2D eigenvalue weighted by atomic mass is 10.2. The highest BCUT2D eigenvalue weighted by Gasteiger charge is 2.25. The highest BCUT2D eigenvalue weighted by molar-refractivity contribution is 8.18. The number of aryl methyl sites for hydroxylation is 1. The minimum Gasteiger partial charge on any atom is -0.318 e. The Balaban J connectivity index is 2.01. The fraction of sp³-hybridized carbons (Fsp3) is 0.125. The number of carbonyl (C=O) groups excluding carboxylic acids is 2. The summed E-state index contributed by atoms with van der Waals surface area (Å²) in [4.78, 5) is 33.6. The molecule has 0 aliphatic carbocycles. The molecule has 0 unspecified atom stereocenters. The predicted octanol–water partition coefficient (Wildman–Crippen LogP) is 3.33. The van der Waals surface area contributed by atoms with Gasteiger partial charge in [-0.2, -0.15) is 0 Å². The quantitative estimate of drug-likeness (QED) is 0.524. The van der Waals surface area contributed by atoms with Gasteiger partial charge in [-0.25, -0.2) is 0 Å². The van der Waals surface area contributed by atoms with Gasteiger partial charge in [0, 0.05) is 29.2 Å². The van der Waals surface area contributed by atoms with Gasteiger partial charge < -0.3 is 4.57 Å². The topological polar surface area (TPSA) is 94.2 Å². The molecule has 2 amide bonds. The molecular weight excluding hydrogens is 330 g/mol. The molecule has 1 aromatic heterocycles. The fourth-order valence-corrected chi connectivity index (χ4v) is 3.29. The van der Waals surface area contributed by atoms with Gasteiger partial charge in [0.25, 0.3) is 16.8 Å². The van der Waals surface area contributed by atoms with E-state index in [0.717, 1.165) is 34.4 Å². The summed E-state index contributed by atoms with van der Waals surface area (Å²) in [7, 11) is 0. The number of nitrogens with zero attached hydrogens (tertiary/aromatic N) is 2. The molecular formula is C16H13N3O4S. The van der Waals surface area contributed by atoms with Crippen LogP contribution in [0.2, 0.25) is 0 Å². The molecule has 2 heterocycles. The lowest BCUT2D eigenvalue weighted by molar-refractivity contribution is -0.384. The third kappa shape index (κ3) is 2.83. The largest absolute Gasteiger partial charge is 0.318 e. The van der Waals surface area contributed by atoms with Crippen molar-refractivity contribution in [3.05, 3.63) is 62.3 Å². The van der Waals surface area contributed by atoms with E-state index >= 15 is 0 Å². The van der Waals surface area contributed by atoms with Gasteiger partial charge in [0.05, 0.1) is 9.83 Å². The van der Waals surface area contributed by atoms with Crippen molar-refractivity contribution in [1.29, 1.82) is 0 Å². The highest BCUT2D eigenvalue weighted by Crippen LogP contribution is 2.29. The number of rotatable bonds is 3. The zero-order chi connectivity index (χ0) is 17.4. The molecule has 0 atom stereocenters. The van der Waals surface area contributed by atoms with Crippen molar-refractivity contribution in [3.8, 4) is 5.69 Å². The molecule has 122 valence electrons. The molecule has 1 saturated heterocycles. The molecule has 0 bridgehead atoms. The molecule has 8 heteroatoms. The van der Waals surface area contributed by atoms with Crippen molar-refractivity contribution in [1.82, 2.24) is 9.88 Å². The monoisotopic (exact) mass is 343 g/mol. The van der Waals surface area contributed by atoms with Crippen molar-refractivity contribution >= 4 is 34.7 Å². The average molecular weight is 343 g/mol. The number of non-ortho nitro benzene ring substituents is 1. The number of imide groups is 1. The van der Waals surface area contributed by atoms with Crippen molar-refractivity contribution in [2.24, 2.45) is 0 Å². The van der Waals surface area contributed by atoms with Gasteiger partial charge in [-0.05, 0) is 55.4 Å². The van der Waals surface area contributed by atoms with Crippen LogP contribution >= 0.6 is 11.8 Å². The smallest absolute Gasteiger partial charge is 0.290 e. The Morgan fingerprint density at radius 1 is 1.21 bits per heavy atom. The number of amides is 2. The lowest BCUT2D eigenvalue weighted by Crippen LogP contribution is -2.17. The Hall–Kier alpha value is -2.87. The lowest BCUT2D eigenvalue weighted by Gasteiger charge is -2.09. The fourth-order valence-electron chi connectivity index (χ4n) is 2.62. The number of nitro groups is 1. The van der Waals surface area contributed by atoms with E-state index in [1.807, 2.05) is 24.5 Å². The summed E-state index contributed by atoms with van der Waals surface area (Å²) in [6, 6.07) is 8.15. The second-order valence-corrected chi connectivity index (χ2v) is 6.30. The molecule has 0 radical (unpaired) electrons. The van der Waals surface area contributed by atoms with Crippen molar-refractivity contribution in [3.63, 3.8) is 0 Å². The summed E-state index contributed by atoms with van der Waals surface area (Å²) in [6.07, 6.45) is 1.68. The average Bonchev–Trinajstić information content (AvgIpc) is 2.98. The molecule has 7 nitrogen and oxygen atoms in total. The number of carbonyl (C=O) groups is 2. The summed E-state index contributed by atoms with van der Waals surface area (Å²) in [6.45, 7) is 3.80. The number of benzene rings is 1. The predicted molar refractivity (Wildman–Crippen MR) is 91.0 cm³/mol. The van der Waals surface area contributed by atoms with E-state index in [1.54, 1.807) is 18.2 Å². The Bertz CT molecular complexity index is 897. The van der Waals surface area contributed by atoms with E-state index in [0.29, 0.717) is 4.91 Å². The second kappa shape index (κ2) is 5.97.